The van der Waals surface area contributed by atoms with Crippen molar-refractivity contribution in [3.05, 3.63) is 29.8 Å². The van der Waals surface area contributed by atoms with Gasteiger partial charge in [-0.05, 0) is 50.8 Å². The highest BCUT2D eigenvalue weighted by atomic mass is 16.3. The Balaban J connectivity index is 2.07. The number of carbonyl (C=O) groups excluding carboxylic acids is 1. The van der Waals surface area contributed by atoms with Crippen molar-refractivity contribution < 1.29 is 9.90 Å². The van der Waals surface area contributed by atoms with E-state index in [0.717, 1.165) is 24.9 Å². The van der Waals surface area contributed by atoms with Gasteiger partial charge >= 0.3 is 0 Å². The molecule has 3 N–H and O–H groups in total. The maximum Gasteiger partial charge on any atom is 0.229 e. The SMILES string of the molecule is CC(C(=O)N1CCCC(C)(O)CC1)c1cccc(N)c1. The zero-order chi connectivity index (χ0) is 14.8. The van der Waals surface area contributed by atoms with Crippen LogP contribution in [0.4, 0.5) is 5.69 Å². The number of anilines is 1. The second-order valence-electron chi connectivity index (χ2n) is 6.07. The van der Waals surface area contributed by atoms with E-state index in [9.17, 15) is 9.90 Å². The molecule has 0 bridgehead atoms. The molecular weight excluding hydrogens is 252 g/mol. The number of aliphatic hydroxyl groups is 1. The first kappa shape index (κ1) is 14.9. The van der Waals surface area contributed by atoms with E-state index in [1.165, 1.54) is 0 Å². The van der Waals surface area contributed by atoms with Crippen LogP contribution in [0.5, 0.6) is 0 Å². The van der Waals surface area contributed by atoms with E-state index in [2.05, 4.69) is 0 Å². The van der Waals surface area contributed by atoms with Gasteiger partial charge in [-0.3, -0.25) is 4.79 Å². The summed E-state index contributed by atoms with van der Waals surface area (Å²) in [4.78, 5) is 14.4. The van der Waals surface area contributed by atoms with Crippen LogP contribution in [-0.2, 0) is 4.79 Å². The van der Waals surface area contributed by atoms with Crippen molar-refractivity contribution >= 4 is 11.6 Å². The van der Waals surface area contributed by atoms with Crippen molar-refractivity contribution in [3.63, 3.8) is 0 Å². The minimum Gasteiger partial charge on any atom is -0.399 e. The molecule has 0 saturated carbocycles. The van der Waals surface area contributed by atoms with Crippen LogP contribution in [0.3, 0.4) is 0 Å². The fraction of sp³-hybridized carbons (Fsp3) is 0.562. The van der Waals surface area contributed by atoms with Crippen molar-refractivity contribution in [1.29, 1.82) is 0 Å². The van der Waals surface area contributed by atoms with Crippen molar-refractivity contribution in [3.8, 4) is 0 Å². The van der Waals surface area contributed by atoms with Gasteiger partial charge < -0.3 is 15.7 Å². The fourth-order valence-corrected chi connectivity index (χ4v) is 2.73. The molecule has 2 atom stereocenters. The molecule has 4 nitrogen and oxygen atoms in total. The number of nitrogens with zero attached hydrogens (tertiary/aromatic N) is 1. The van der Waals surface area contributed by atoms with Crippen molar-refractivity contribution in [2.24, 2.45) is 0 Å². The van der Waals surface area contributed by atoms with E-state index in [1.54, 1.807) is 0 Å². The second-order valence-corrected chi connectivity index (χ2v) is 6.07. The fourth-order valence-electron chi connectivity index (χ4n) is 2.73. The number of hydrogen-bond donors (Lipinski definition) is 2. The van der Waals surface area contributed by atoms with E-state index < -0.39 is 5.60 Å². The third-order valence-electron chi connectivity index (χ3n) is 4.16. The Labute approximate surface area is 120 Å². The van der Waals surface area contributed by atoms with Gasteiger partial charge in [-0.2, -0.15) is 0 Å². The smallest absolute Gasteiger partial charge is 0.229 e. The highest BCUT2D eigenvalue weighted by molar-refractivity contribution is 5.83. The van der Waals surface area contributed by atoms with Gasteiger partial charge in [-0.15, -0.1) is 0 Å². The number of rotatable bonds is 2. The highest BCUT2D eigenvalue weighted by Gasteiger charge is 2.29. The molecule has 1 heterocycles. The standard InChI is InChI=1S/C16H24N2O2/c1-12(13-5-3-6-14(17)11-13)15(19)18-9-4-7-16(2,20)8-10-18/h3,5-6,11-12,20H,4,7-10,17H2,1-2H3. The van der Waals surface area contributed by atoms with Crippen LogP contribution in [0.2, 0.25) is 0 Å². The minimum absolute atomic E-state index is 0.119. The van der Waals surface area contributed by atoms with Crippen LogP contribution in [0, 0.1) is 0 Å². The molecule has 20 heavy (non-hydrogen) atoms. The van der Waals surface area contributed by atoms with Gasteiger partial charge in [0.05, 0.1) is 11.5 Å². The zero-order valence-corrected chi connectivity index (χ0v) is 12.3. The van der Waals surface area contributed by atoms with Crippen LogP contribution >= 0.6 is 0 Å². The lowest BCUT2D eigenvalue weighted by molar-refractivity contribution is -0.132. The van der Waals surface area contributed by atoms with Crippen LogP contribution in [0.25, 0.3) is 0 Å². The number of nitrogen functional groups attached to an aromatic ring is 1. The predicted molar refractivity (Wildman–Crippen MR) is 80.3 cm³/mol. The zero-order valence-electron chi connectivity index (χ0n) is 12.3. The number of nitrogens with two attached hydrogens (primary N) is 1. The van der Waals surface area contributed by atoms with Crippen LogP contribution < -0.4 is 5.73 Å². The van der Waals surface area contributed by atoms with Gasteiger partial charge in [0.1, 0.15) is 0 Å². The van der Waals surface area contributed by atoms with Gasteiger partial charge in [0.15, 0.2) is 0 Å². The average molecular weight is 276 g/mol. The topological polar surface area (TPSA) is 66.6 Å². The Hall–Kier alpha value is -1.55. The molecule has 1 aliphatic rings. The molecule has 1 aromatic rings. The van der Waals surface area contributed by atoms with Gasteiger partial charge in [-0.25, -0.2) is 0 Å². The molecule has 2 unspecified atom stereocenters. The van der Waals surface area contributed by atoms with Crippen LogP contribution in [0.15, 0.2) is 24.3 Å². The Morgan fingerprint density at radius 1 is 1.40 bits per heavy atom. The minimum atomic E-state index is -0.643. The van der Waals surface area contributed by atoms with Gasteiger partial charge in [0.2, 0.25) is 5.91 Å². The van der Waals surface area contributed by atoms with Gasteiger partial charge in [-0.1, -0.05) is 12.1 Å². The van der Waals surface area contributed by atoms with Crippen LogP contribution in [0.1, 0.15) is 44.6 Å². The molecule has 1 aromatic carbocycles. The van der Waals surface area contributed by atoms with Gasteiger partial charge in [0, 0.05) is 18.8 Å². The quantitative estimate of drug-likeness (QED) is 0.813. The number of hydrogen-bond acceptors (Lipinski definition) is 3. The lowest BCUT2D eigenvalue weighted by atomic mass is 9.98. The molecule has 0 aliphatic carbocycles. The first-order valence-electron chi connectivity index (χ1n) is 7.26. The molecule has 0 aromatic heterocycles. The summed E-state index contributed by atoms with van der Waals surface area (Å²) in [6.07, 6.45) is 2.24. The Bertz CT molecular complexity index is 485. The predicted octanol–water partition coefficient (Wildman–Crippen LogP) is 2.14. The molecule has 2 rings (SSSR count). The van der Waals surface area contributed by atoms with E-state index >= 15 is 0 Å². The summed E-state index contributed by atoms with van der Waals surface area (Å²) in [5.41, 5.74) is 6.77. The summed E-state index contributed by atoms with van der Waals surface area (Å²) in [6.45, 7) is 5.11. The summed E-state index contributed by atoms with van der Waals surface area (Å²) in [7, 11) is 0. The number of benzene rings is 1. The van der Waals surface area contributed by atoms with Crippen molar-refractivity contribution in [2.75, 3.05) is 18.8 Å². The molecule has 4 heteroatoms. The summed E-state index contributed by atoms with van der Waals surface area (Å²) < 4.78 is 0. The molecule has 1 aliphatic heterocycles. The average Bonchev–Trinajstić information content (AvgIpc) is 2.58. The lowest BCUT2D eigenvalue weighted by Crippen LogP contribution is -2.36. The maximum atomic E-state index is 12.6. The van der Waals surface area contributed by atoms with Crippen LogP contribution in [-0.4, -0.2) is 34.6 Å². The molecule has 1 amide bonds. The molecule has 0 spiro atoms. The maximum absolute atomic E-state index is 12.6. The number of carbonyl (C=O) groups is 1. The van der Waals surface area contributed by atoms with E-state index in [4.69, 9.17) is 5.73 Å². The highest BCUT2D eigenvalue weighted by Crippen LogP contribution is 2.25. The molecule has 0 radical (unpaired) electrons. The largest absolute Gasteiger partial charge is 0.399 e. The van der Waals surface area contributed by atoms with E-state index in [0.29, 0.717) is 18.7 Å². The summed E-state index contributed by atoms with van der Waals surface area (Å²) >= 11 is 0. The third-order valence-corrected chi connectivity index (χ3v) is 4.16. The molecular formula is C16H24N2O2. The van der Waals surface area contributed by atoms with Crippen molar-refractivity contribution in [1.82, 2.24) is 4.90 Å². The first-order chi connectivity index (χ1) is 9.39. The molecule has 110 valence electrons. The summed E-state index contributed by atoms with van der Waals surface area (Å²) in [5.74, 6) is -0.0742. The number of amides is 1. The second kappa shape index (κ2) is 5.83. The normalized spacial score (nSPS) is 25.1. The Kier molecular flexibility index (Phi) is 4.33. The summed E-state index contributed by atoms with van der Waals surface area (Å²) in [6, 6.07) is 7.49. The van der Waals surface area contributed by atoms with Gasteiger partial charge in [0.25, 0.3) is 0 Å². The Morgan fingerprint density at radius 3 is 2.85 bits per heavy atom. The van der Waals surface area contributed by atoms with Crippen molar-refractivity contribution in [2.45, 2.75) is 44.6 Å². The number of likely N-dealkylation sites (tertiary alicyclic amines) is 1. The Morgan fingerprint density at radius 2 is 2.15 bits per heavy atom. The monoisotopic (exact) mass is 276 g/mol. The third kappa shape index (κ3) is 3.51. The molecule has 1 fully saturated rings. The molecule has 1 saturated heterocycles. The lowest BCUT2D eigenvalue weighted by Gasteiger charge is -2.25. The summed E-state index contributed by atoms with van der Waals surface area (Å²) in [5, 5.41) is 10.1. The first-order valence-corrected chi connectivity index (χ1v) is 7.26. The van der Waals surface area contributed by atoms with E-state index in [-0.39, 0.29) is 11.8 Å². The van der Waals surface area contributed by atoms with E-state index in [1.807, 2.05) is 43.0 Å².